The molecule has 4 nitrogen and oxygen atoms in total. The quantitative estimate of drug-likeness (QED) is 0.736. The van der Waals surface area contributed by atoms with Crippen molar-refractivity contribution in [3.8, 4) is 0 Å². The Morgan fingerprint density at radius 1 is 1.37 bits per heavy atom. The molecule has 0 radical (unpaired) electrons. The Bertz CT molecular complexity index is 469. The van der Waals surface area contributed by atoms with Gasteiger partial charge in [-0.2, -0.15) is 0 Å². The fourth-order valence-electron chi connectivity index (χ4n) is 3.09. The molecule has 1 heterocycles. The van der Waals surface area contributed by atoms with E-state index in [4.69, 9.17) is 0 Å². The van der Waals surface area contributed by atoms with Gasteiger partial charge in [-0.3, -0.25) is 4.79 Å². The molecule has 3 rings (SSSR count). The van der Waals surface area contributed by atoms with Gasteiger partial charge in [0.2, 0.25) is 5.91 Å². The molecule has 19 heavy (non-hydrogen) atoms. The van der Waals surface area contributed by atoms with E-state index in [-0.39, 0.29) is 17.9 Å². The monoisotopic (exact) mass is 260 g/mol. The fourth-order valence-corrected chi connectivity index (χ4v) is 3.09. The Hall–Kier alpha value is -1.39. The van der Waals surface area contributed by atoms with Crippen molar-refractivity contribution in [2.75, 3.05) is 13.1 Å². The van der Waals surface area contributed by atoms with Crippen molar-refractivity contribution in [3.05, 3.63) is 35.4 Å². The van der Waals surface area contributed by atoms with Gasteiger partial charge in [0.05, 0.1) is 18.1 Å². The molecule has 1 aliphatic carbocycles. The summed E-state index contributed by atoms with van der Waals surface area (Å²) in [5, 5.41) is 16.4. The van der Waals surface area contributed by atoms with Gasteiger partial charge in [-0.25, -0.2) is 0 Å². The molecule has 4 heteroatoms. The number of piperidine rings is 1. The fraction of sp³-hybridized carbons (Fsp3) is 0.533. The van der Waals surface area contributed by atoms with Gasteiger partial charge in [0.15, 0.2) is 0 Å². The minimum atomic E-state index is -0.502. The van der Waals surface area contributed by atoms with Crippen LogP contribution in [0.4, 0.5) is 0 Å². The molecule has 0 bridgehead atoms. The lowest BCUT2D eigenvalue weighted by Gasteiger charge is -2.25. The molecule has 2 aliphatic rings. The number of hydrogen-bond donors (Lipinski definition) is 3. The molecule has 1 fully saturated rings. The number of nitrogens with one attached hydrogen (secondary N) is 2. The third-order valence-electron chi connectivity index (χ3n) is 4.17. The Morgan fingerprint density at radius 2 is 2.21 bits per heavy atom. The Morgan fingerprint density at radius 3 is 3.00 bits per heavy atom. The van der Waals surface area contributed by atoms with Gasteiger partial charge >= 0.3 is 0 Å². The van der Waals surface area contributed by atoms with E-state index in [1.165, 1.54) is 0 Å². The van der Waals surface area contributed by atoms with Crippen LogP contribution in [0.3, 0.4) is 0 Å². The Kier molecular flexibility index (Phi) is 3.53. The molecule has 1 saturated heterocycles. The van der Waals surface area contributed by atoms with Crippen LogP contribution in [-0.4, -0.2) is 30.2 Å². The molecule has 0 saturated carbocycles. The summed E-state index contributed by atoms with van der Waals surface area (Å²) in [5.74, 6) is 0.0988. The van der Waals surface area contributed by atoms with Crippen molar-refractivity contribution in [1.82, 2.24) is 10.6 Å². The van der Waals surface area contributed by atoms with E-state index in [0.717, 1.165) is 37.1 Å². The molecule has 1 aromatic rings. The molecule has 0 aromatic heterocycles. The van der Waals surface area contributed by atoms with Crippen molar-refractivity contribution in [1.29, 1.82) is 0 Å². The lowest BCUT2D eigenvalue weighted by molar-refractivity contribution is -0.127. The summed E-state index contributed by atoms with van der Waals surface area (Å²) >= 11 is 0. The maximum atomic E-state index is 12.2. The zero-order valence-corrected chi connectivity index (χ0v) is 10.9. The lowest BCUT2D eigenvalue weighted by Crippen LogP contribution is -2.43. The molecule has 1 unspecified atom stereocenters. The largest absolute Gasteiger partial charge is 0.390 e. The number of amides is 1. The van der Waals surface area contributed by atoms with E-state index >= 15 is 0 Å². The van der Waals surface area contributed by atoms with Gasteiger partial charge in [0, 0.05) is 13.0 Å². The molecule has 1 aliphatic heterocycles. The summed E-state index contributed by atoms with van der Waals surface area (Å²) < 4.78 is 0. The molecule has 102 valence electrons. The Labute approximate surface area is 113 Å². The zero-order chi connectivity index (χ0) is 13.2. The minimum absolute atomic E-state index is 0.0358. The second kappa shape index (κ2) is 5.31. The molecule has 3 atom stereocenters. The highest BCUT2D eigenvalue weighted by molar-refractivity contribution is 5.79. The molecular formula is C15H20N2O2. The van der Waals surface area contributed by atoms with Crippen LogP contribution in [-0.2, 0) is 11.2 Å². The first kappa shape index (κ1) is 12.6. The summed E-state index contributed by atoms with van der Waals surface area (Å²) in [6.07, 6.45) is 2.10. The van der Waals surface area contributed by atoms with E-state index in [2.05, 4.69) is 10.6 Å². The highest BCUT2D eigenvalue weighted by Gasteiger charge is 2.33. The van der Waals surface area contributed by atoms with Crippen LogP contribution in [0.1, 0.15) is 30.0 Å². The Balaban J connectivity index is 1.71. The van der Waals surface area contributed by atoms with Crippen molar-refractivity contribution in [2.24, 2.45) is 5.92 Å². The maximum Gasteiger partial charge on any atom is 0.224 e. The van der Waals surface area contributed by atoms with E-state index < -0.39 is 6.10 Å². The van der Waals surface area contributed by atoms with Crippen LogP contribution in [0.25, 0.3) is 0 Å². The van der Waals surface area contributed by atoms with Gasteiger partial charge in [-0.05, 0) is 30.5 Å². The predicted molar refractivity (Wildman–Crippen MR) is 72.6 cm³/mol. The molecule has 1 aromatic carbocycles. The van der Waals surface area contributed by atoms with E-state index in [1.54, 1.807) is 0 Å². The van der Waals surface area contributed by atoms with Crippen LogP contribution in [0.5, 0.6) is 0 Å². The second-order valence-corrected chi connectivity index (χ2v) is 5.50. The standard InChI is InChI=1S/C15H20N2O2/c18-13-8-10-4-1-2-6-12(10)14(13)17-15(19)11-5-3-7-16-9-11/h1-2,4,6,11,13-14,16,18H,3,5,7-9H2,(H,17,19)/t11?,13-,14+/m0/s1. The van der Waals surface area contributed by atoms with Gasteiger partial charge < -0.3 is 15.7 Å². The topological polar surface area (TPSA) is 61.4 Å². The second-order valence-electron chi connectivity index (χ2n) is 5.50. The molecule has 1 amide bonds. The molecular weight excluding hydrogens is 240 g/mol. The number of aliphatic hydroxyl groups excluding tert-OH is 1. The number of aliphatic hydroxyl groups is 1. The first-order valence-electron chi connectivity index (χ1n) is 7.02. The minimum Gasteiger partial charge on any atom is -0.390 e. The third-order valence-corrected chi connectivity index (χ3v) is 4.17. The van der Waals surface area contributed by atoms with Gasteiger partial charge in [0.1, 0.15) is 0 Å². The van der Waals surface area contributed by atoms with Crippen LogP contribution in [0.15, 0.2) is 24.3 Å². The average Bonchev–Trinajstić information content (AvgIpc) is 2.76. The summed E-state index contributed by atoms with van der Waals surface area (Å²) in [6, 6.07) is 7.70. The molecule has 3 N–H and O–H groups in total. The van der Waals surface area contributed by atoms with E-state index in [0.29, 0.717) is 6.42 Å². The number of carbonyl (C=O) groups is 1. The maximum absolute atomic E-state index is 12.2. The summed E-state index contributed by atoms with van der Waals surface area (Å²) in [6.45, 7) is 1.75. The van der Waals surface area contributed by atoms with Crippen molar-refractivity contribution < 1.29 is 9.90 Å². The number of benzene rings is 1. The van der Waals surface area contributed by atoms with Crippen molar-refractivity contribution in [3.63, 3.8) is 0 Å². The number of rotatable bonds is 2. The van der Waals surface area contributed by atoms with Crippen LogP contribution < -0.4 is 10.6 Å². The third kappa shape index (κ3) is 2.51. The van der Waals surface area contributed by atoms with Gasteiger partial charge in [0.25, 0.3) is 0 Å². The van der Waals surface area contributed by atoms with Crippen molar-refractivity contribution in [2.45, 2.75) is 31.4 Å². The first-order chi connectivity index (χ1) is 9.25. The average molecular weight is 260 g/mol. The van der Waals surface area contributed by atoms with E-state index in [9.17, 15) is 9.90 Å². The summed E-state index contributed by atoms with van der Waals surface area (Å²) in [7, 11) is 0. The summed E-state index contributed by atoms with van der Waals surface area (Å²) in [5.41, 5.74) is 2.20. The normalized spacial score (nSPS) is 29.8. The van der Waals surface area contributed by atoms with E-state index in [1.807, 2.05) is 24.3 Å². The number of hydrogen-bond acceptors (Lipinski definition) is 3. The highest BCUT2D eigenvalue weighted by atomic mass is 16.3. The van der Waals surface area contributed by atoms with Crippen LogP contribution in [0.2, 0.25) is 0 Å². The smallest absolute Gasteiger partial charge is 0.224 e. The number of carbonyl (C=O) groups excluding carboxylic acids is 1. The summed E-state index contributed by atoms with van der Waals surface area (Å²) in [4.78, 5) is 12.2. The molecule has 0 spiro atoms. The zero-order valence-electron chi connectivity index (χ0n) is 10.9. The predicted octanol–water partition coefficient (Wildman–Crippen LogP) is 0.760. The van der Waals surface area contributed by atoms with Crippen LogP contribution in [0, 0.1) is 5.92 Å². The number of fused-ring (bicyclic) bond motifs is 1. The lowest BCUT2D eigenvalue weighted by atomic mass is 9.97. The van der Waals surface area contributed by atoms with Crippen molar-refractivity contribution >= 4 is 5.91 Å². The van der Waals surface area contributed by atoms with Crippen LogP contribution >= 0.6 is 0 Å². The SMILES string of the molecule is O=C(N[C@@H]1c2ccccc2C[C@@H]1O)C1CCCNC1. The first-order valence-corrected chi connectivity index (χ1v) is 7.02. The van der Waals surface area contributed by atoms with Gasteiger partial charge in [-0.15, -0.1) is 0 Å². The highest BCUT2D eigenvalue weighted by Crippen LogP contribution is 2.31. The van der Waals surface area contributed by atoms with Gasteiger partial charge in [-0.1, -0.05) is 24.3 Å².